The number of aromatic nitrogens is 1. The van der Waals surface area contributed by atoms with Gasteiger partial charge >= 0.3 is 5.97 Å². The van der Waals surface area contributed by atoms with Crippen LogP contribution in [0.2, 0.25) is 0 Å². The Balaban J connectivity index is 2.28. The van der Waals surface area contributed by atoms with Gasteiger partial charge in [-0.2, -0.15) is 0 Å². The van der Waals surface area contributed by atoms with Crippen molar-refractivity contribution in [2.24, 2.45) is 0 Å². The maximum atomic E-state index is 12.2. The minimum absolute atomic E-state index is 0.0458. The number of β-amino-alcohol motifs (C(OH)–C–C–N with tert-alkyl or cyclic N) is 1. The van der Waals surface area contributed by atoms with Crippen molar-refractivity contribution < 1.29 is 19.8 Å². The first-order chi connectivity index (χ1) is 8.50. The number of aliphatic hydroxyl groups excluding tert-OH is 1. The van der Waals surface area contributed by atoms with Gasteiger partial charge in [-0.1, -0.05) is 0 Å². The van der Waals surface area contributed by atoms with Crippen molar-refractivity contribution in [1.29, 1.82) is 0 Å². The fourth-order valence-electron chi connectivity index (χ4n) is 2.14. The zero-order valence-corrected chi connectivity index (χ0v) is 9.91. The van der Waals surface area contributed by atoms with E-state index in [1.54, 1.807) is 25.3 Å². The van der Waals surface area contributed by atoms with Crippen LogP contribution in [0.5, 0.6) is 0 Å². The number of nitrogens with zero attached hydrogens (tertiary/aromatic N) is 2. The van der Waals surface area contributed by atoms with E-state index in [1.165, 1.54) is 4.90 Å². The molecule has 0 radical (unpaired) electrons. The molecule has 0 saturated carbocycles. The minimum Gasteiger partial charge on any atom is -0.480 e. The van der Waals surface area contributed by atoms with Crippen molar-refractivity contribution in [1.82, 2.24) is 9.88 Å². The smallest absolute Gasteiger partial charge is 0.326 e. The molecule has 0 aliphatic carbocycles. The summed E-state index contributed by atoms with van der Waals surface area (Å²) in [6.45, 7) is 1.74. The molecule has 1 saturated heterocycles. The lowest BCUT2D eigenvalue weighted by atomic mass is 10.1. The van der Waals surface area contributed by atoms with Crippen molar-refractivity contribution in [3.05, 3.63) is 29.6 Å². The van der Waals surface area contributed by atoms with E-state index in [1.807, 2.05) is 0 Å². The first-order valence-corrected chi connectivity index (χ1v) is 5.64. The summed E-state index contributed by atoms with van der Waals surface area (Å²) in [6, 6.07) is 2.27. The van der Waals surface area contributed by atoms with E-state index in [9.17, 15) is 14.7 Å². The van der Waals surface area contributed by atoms with Crippen LogP contribution < -0.4 is 0 Å². The number of hydrogen-bond donors (Lipinski definition) is 2. The van der Waals surface area contributed by atoms with Gasteiger partial charge in [0, 0.05) is 24.9 Å². The van der Waals surface area contributed by atoms with Crippen LogP contribution in [0.25, 0.3) is 0 Å². The van der Waals surface area contributed by atoms with Crippen molar-refractivity contribution in [3.63, 3.8) is 0 Å². The zero-order valence-electron chi connectivity index (χ0n) is 9.91. The molecule has 96 valence electrons. The lowest BCUT2D eigenvalue weighted by Gasteiger charge is -2.21. The quantitative estimate of drug-likeness (QED) is 0.774. The second-order valence-electron chi connectivity index (χ2n) is 4.34. The van der Waals surface area contributed by atoms with Gasteiger partial charge in [-0.3, -0.25) is 9.78 Å². The first-order valence-electron chi connectivity index (χ1n) is 5.64. The van der Waals surface area contributed by atoms with Crippen LogP contribution in [0.4, 0.5) is 0 Å². The Morgan fingerprint density at radius 2 is 2.22 bits per heavy atom. The molecule has 1 aromatic rings. The molecular weight excluding hydrogens is 236 g/mol. The fourth-order valence-corrected chi connectivity index (χ4v) is 2.14. The number of carbonyl (C=O) groups is 2. The van der Waals surface area contributed by atoms with Crippen LogP contribution in [0.3, 0.4) is 0 Å². The van der Waals surface area contributed by atoms with Crippen molar-refractivity contribution in [3.8, 4) is 0 Å². The summed E-state index contributed by atoms with van der Waals surface area (Å²) in [5, 5.41) is 18.6. The summed E-state index contributed by atoms with van der Waals surface area (Å²) < 4.78 is 0. The number of aliphatic hydroxyl groups is 1. The largest absolute Gasteiger partial charge is 0.480 e. The molecule has 1 aliphatic rings. The highest BCUT2D eigenvalue weighted by Crippen LogP contribution is 2.21. The molecule has 6 heteroatoms. The fraction of sp³-hybridized carbons (Fsp3) is 0.417. The number of pyridine rings is 1. The van der Waals surface area contributed by atoms with Gasteiger partial charge in [0.1, 0.15) is 6.04 Å². The predicted molar refractivity (Wildman–Crippen MR) is 62.1 cm³/mol. The highest BCUT2D eigenvalue weighted by molar-refractivity contribution is 5.97. The third-order valence-electron chi connectivity index (χ3n) is 3.06. The normalized spacial score (nSPS) is 23.1. The van der Waals surface area contributed by atoms with Crippen LogP contribution in [-0.4, -0.2) is 50.7 Å². The van der Waals surface area contributed by atoms with Gasteiger partial charge in [0.2, 0.25) is 0 Å². The molecule has 0 aromatic carbocycles. The molecule has 18 heavy (non-hydrogen) atoms. The molecular formula is C12H14N2O4. The Kier molecular flexibility index (Phi) is 3.29. The Morgan fingerprint density at radius 3 is 2.83 bits per heavy atom. The van der Waals surface area contributed by atoms with E-state index in [4.69, 9.17) is 5.11 Å². The second kappa shape index (κ2) is 4.73. The highest BCUT2D eigenvalue weighted by Gasteiger charge is 2.39. The second-order valence-corrected chi connectivity index (χ2v) is 4.34. The molecule has 1 amide bonds. The minimum atomic E-state index is -1.10. The summed E-state index contributed by atoms with van der Waals surface area (Å²) in [7, 11) is 0. The van der Waals surface area contributed by atoms with Gasteiger partial charge in [-0.15, -0.1) is 0 Å². The molecule has 2 N–H and O–H groups in total. The number of likely N-dealkylation sites (tertiary alicyclic amines) is 1. The van der Waals surface area contributed by atoms with Gasteiger partial charge in [0.15, 0.2) is 0 Å². The number of carboxylic acid groups (broad SMARTS) is 1. The average Bonchev–Trinajstić information content (AvgIpc) is 2.71. The maximum absolute atomic E-state index is 12.2. The third-order valence-corrected chi connectivity index (χ3v) is 3.06. The van der Waals surface area contributed by atoms with Gasteiger partial charge in [0.05, 0.1) is 11.7 Å². The van der Waals surface area contributed by atoms with Crippen LogP contribution in [-0.2, 0) is 4.79 Å². The predicted octanol–water partition coefficient (Wildman–Crippen LogP) is 0.0500. The van der Waals surface area contributed by atoms with Crippen molar-refractivity contribution in [2.45, 2.75) is 25.5 Å². The zero-order chi connectivity index (χ0) is 13.3. The topological polar surface area (TPSA) is 90.7 Å². The van der Waals surface area contributed by atoms with Crippen LogP contribution in [0.1, 0.15) is 22.5 Å². The van der Waals surface area contributed by atoms with E-state index in [0.717, 1.165) is 0 Å². The van der Waals surface area contributed by atoms with E-state index in [0.29, 0.717) is 11.3 Å². The molecule has 1 aromatic heterocycles. The number of amides is 1. The summed E-state index contributed by atoms with van der Waals surface area (Å²) >= 11 is 0. The Morgan fingerprint density at radius 1 is 1.50 bits per heavy atom. The molecule has 2 heterocycles. The molecule has 2 rings (SSSR count). The molecule has 0 unspecified atom stereocenters. The lowest BCUT2D eigenvalue weighted by Crippen LogP contribution is -2.40. The van der Waals surface area contributed by atoms with Gasteiger partial charge in [0.25, 0.3) is 5.91 Å². The van der Waals surface area contributed by atoms with Gasteiger partial charge in [-0.25, -0.2) is 4.79 Å². The SMILES string of the molecule is Cc1ncccc1C(=O)N1C[C@H](O)C[C@H]1C(=O)O. The molecule has 1 fully saturated rings. The average molecular weight is 250 g/mol. The molecule has 0 bridgehead atoms. The van der Waals surface area contributed by atoms with Crippen LogP contribution >= 0.6 is 0 Å². The number of aryl methyl sites for hydroxylation is 1. The highest BCUT2D eigenvalue weighted by atomic mass is 16.4. The van der Waals surface area contributed by atoms with Crippen molar-refractivity contribution >= 4 is 11.9 Å². The number of hydrogen-bond acceptors (Lipinski definition) is 4. The van der Waals surface area contributed by atoms with Gasteiger partial charge < -0.3 is 15.1 Å². The standard InChI is InChI=1S/C12H14N2O4/c1-7-9(3-2-4-13-7)11(16)14-6-8(15)5-10(14)12(17)18/h2-4,8,10,15H,5-6H2,1H3,(H,17,18)/t8-,10+/m1/s1. The van der Waals surface area contributed by atoms with Crippen molar-refractivity contribution in [2.75, 3.05) is 6.54 Å². The summed E-state index contributed by atoms with van der Waals surface area (Å²) in [5.74, 6) is -1.49. The van der Waals surface area contributed by atoms with E-state index < -0.39 is 24.0 Å². The number of carbonyl (C=O) groups excluding carboxylic acids is 1. The molecule has 6 nitrogen and oxygen atoms in total. The monoisotopic (exact) mass is 250 g/mol. The Hall–Kier alpha value is -1.95. The first kappa shape index (κ1) is 12.5. The van der Waals surface area contributed by atoms with E-state index >= 15 is 0 Å². The number of carboxylic acids is 1. The summed E-state index contributed by atoms with van der Waals surface area (Å²) in [4.78, 5) is 28.5. The van der Waals surface area contributed by atoms with E-state index in [-0.39, 0.29) is 13.0 Å². The Labute approximate surface area is 104 Å². The van der Waals surface area contributed by atoms with Crippen LogP contribution in [0, 0.1) is 6.92 Å². The molecule has 0 spiro atoms. The number of aliphatic carboxylic acids is 1. The lowest BCUT2D eigenvalue weighted by molar-refractivity contribution is -0.141. The van der Waals surface area contributed by atoms with Gasteiger partial charge in [-0.05, 0) is 19.1 Å². The Bertz CT molecular complexity index is 489. The molecule has 1 aliphatic heterocycles. The summed E-state index contributed by atoms with van der Waals surface area (Å²) in [6.07, 6.45) is 0.854. The number of rotatable bonds is 2. The third kappa shape index (κ3) is 2.19. The molecule has 2 atom stereocenters. The van der Waals surface area contributed by atoms with E-state index in [2.05, 4.69) is 4.98 Å². The maximum Gasteiger partial charge on any atom is 0.326 e. The van der Waals surface area contributed by atoms with Crippen LogP contribution in [0.15, 0.2) is 18.3 Å². The summed E-state index contributed by atoms with van der Waals surface area (Å²) in [5.41, 5.74) is 0.922.